The van der Waals surface area contributed by atoms with Crippen molar-refractivity contribution in [3.8, 4) is 11.5 Å². The Hall–Kier alpha value is -2.01. The number of ether oxygens (including phenoxy) is 2. The molecule has 1 amide bonds. The molecule has 2 heterocycles. The Kier molecular flexibility index (Phi) is 4.34. The third-order valence-corrected chi connectivity index (χ3v) is 4.32. The number of carbonyl (C=O) groups is 1. The van der Waals surface area contributed by atoms with Gasteiger partial charge in [-0.05, 0) is 44.2 Å². The minimum absolute atomic E-state index is 0.0772. The van der Waals surface area contributed by atoms with E-state index in [4.69, 9.17) is 9.47 Å². The van der Waals surface area contributed by atoms with E-state index in [1.54, 1.807) is 7.11 Å². The number of likely N-dealkylation sites (tertiary alicyclic amines) is 1. The number of nitrogens with one attached hydrogen (secondary N) is 1. The standard InChI is InChI=1S/C17H22N2O3/c1-18-14-4-3-7-19(10-14)17(20)13-8-12-9-15(21-2)5-6-16(12)22-11-13/h5-6,8-9,14,18H,3-4,7,10-11H2,1-2H3/t14-/m1/s1. The molecular formula is C17H22N2O3. The highest BCUT2D eigenvalue weighted by Crippen LogP contribution is 2.30. The van der Waals surface area contributed by atoms with E-state index in [9.17, 15) is 4.79 Å². The van der Waals surface area contributed by atoms with Crippen LogP contribution in [0.15, 0.2) is 23.8 Å². The van der Waals surface area contributed by atoms with Gasteiger partial charge in [0.15, 0.2) is 0 Å². The van der Waals surface area contributed by atoms with Gasteiger partial charge >= 0.3 is 0 Å². The summed E-state index contributed by atoms with van der Waals surface area (Å²) >= 11 is 0. The average molecular weight is 302 g/mol. The molecule has 1 aromatic rings. The fourth-order valence-corrected chi connectivity index (χ4v) is 3.01. The molecule has 1 fully saturated rings. The van der Waals surface area contributed by atoms with E-state index in [2.05, 4.69) is 5.32 Å². The molecule has 2 aliphatic rings. The van der Waals surface area contributed by atoms with Crippen molar-refractivity contribution in [1.29, 1.82) is 0 Å². The maximum atomic E-state index is 12.7. The molecule has 1 atom stereocenters. The summed E-state index contributed by atoms with van der Waals surface area (Å²) in [5.41, 5.74) is 1.61. The molecule has 0 aromatic heterocycles. The summed E-state index contributed by atoms with van der Waals surface area (Å²) in [6, 6.07) is 6.02. The van der Waals surface area contributed by atoms with Crippen LogP contribution in [0.25, 0.3) is 6.08 Å². The summed E-state index contributed by atoms with van der Waals surface area (Å²) in [5, 5.41) is 3.26. The number of methoxy groups -OCH3 is 1. The van der Waals surface area contributed by atoms with Crippen molar-refractivity contribution < 1.29 is 14.3 Å². The van der Waals surface area contributed by atoms with Crippen molar-refractivity contribution in [1.82, 2.24) is 10.2 Å². The molecule has 5 heteroatoms. The number of amides is 1. The molecule has 3 rings (SSSR count). The Morgan fingerprint density at radius 1 is 1.45 bits per heavy atom. The lowest BCUT2D eigenvalue weighted by molar-refractivity contribution is -0.128. The van der Waals surface area contributed by atoms with Gasteiger partial charge in [-0.2, -0.15) is 0 Å². The van der Waals surface area contributed by atoms with Crippen molar-refractivity contribution >= 4 is 12.0 Å². The molecule has 2 aliphatic heterocycles. The van der Waals surface area contributed by atoms with E-state index in [0.29, 0.717) is 18.2 Å². The van der Waals surface area contributed by atoms with Crippen molar-refractivity contribution in [2.24, 2.45) is 0 Å². The summed E-state index contributed by atoms with van der Waals surface area (Å²) in [6.07, 6.45) is 4.08. The topological polar surface area (TPSA) is 50.8 Å². The van der Waals surface area contributed by atoms with Crippen LogP contribution >= 0.6 is 0 Å². The summed E-state index contributed by atoms with van der Waals surface area (Å²) in [4.78, 5) is 14.6. The van der Waals surface area contributed by atoms with Crippen molar-refractivity contribution in [2.75, 3.05) is 33.9 Å². The highest BCUT2D eigenvalue weighted by atomic mass is 16.5. The van der Waals surface area contributed by atoms with Gasteiger partial charge in [-0.25, -0.2) is 0 Å². The van der Waals surface area contributed by atoms with Crippen LogP contribution < -0.4 is 14.8 Å². The number of piperidine rings is 1. The molecule has 0 bridgehead atoms. The van der Waals surface area contributed by atoms with Crippen LogP contribution in [0.4, 0.5) is 0 Å². The highest BCUT2D eigenvalue weighted by Gasteiger charge is 2.26. The van der Waals surface area contributed by atoms with Crippen molar-refractivity contribution in [2.45, 2.75) is 18.9 Å². The minimum Gasteiger partial charge on any atom is -0.497 e. The second-order valence-corrected chi connectivity index (χ2v) is 5.74. The summed E-state index contributed by atoms with van der Waals surface area (Å²) in [5.74, 6) is 1.64. The van der Waals surface area contributed by atoms with Gasteiger partial charge in [-0.1, -0.05) is 0 Å². The fourth-order valence-electron chi connectivity index (χ4n) is 3.01. The molecule has 1 N–H and O–H groups in total. The SMILES string of the molecule is CN[C@@H]1CCCN(C(=O)C2=Cc3cc(OC)ccc3OC2)C1. The maximum absolute atomic E-state index is 12.7. The molecule has 0 radical (unpaired) electrons. The van der Waals surface area contributed by atoms with Gasteiger partial charge < -0.3 is 19.7 Å². The Balaban J connectivity index is 1.79. The molecule has 1 aromatic carbocycles. The summed E-state index contributed by atoms with van der Waals surface area (Å²) in [6.45, 7) is 1.91. The lowest BCUT2D eigenvalue weighted by Crippen LogP contribution is -2.47. The molecule has 0 aliphatic carbocycles. The first kappa shape index (κ1) is 14.9. The van der Waals surface area contributed by atoms with Gasteiger partial charge in [0.25, 0.3) is 5.91 Å². The number of hydrogen-bond acceptors (Lipinski definition) is 4. The van der Waals surface area contributed by atoms with E-state index in [1.165, 1.54) is 0 Å². The van der Waals surface area contributed by atoms with Gasteiger partial charge in [0.2, 0.25) is 0 Å². The van der Waals surface area contributed by atoms with Crippen LogP contribution in [0.3, 0.4) is 0 Å². The molecule has 0 unspecified atom stereocenters. The van der Waals surface area contributed by atoms with E-state index in [-0.39, 0.29) is 5.91 Å². The van der Waals surface area contributed by atoms with Gasteiger partial charge in [-0.15, -0.1) is 0 Å². The number of fused-ring (bicyclic) bond motifs is 1. The molecule has 118 valence electrons. The van der Waals surface area contributed by atoms with Crippen LogP contribution in [0, 0.1) is 0 Å². The van der Waals surface area contributed by atoms with Gasteiger partial charge in [0.05, 0.1) is 12.7 Å². The average Bonchev–Trinajstić information content (AvgIpc) is 2.60. The Labute approximate surface area is 130 Å². The first-order valence-electron chi connectivity index (χ1n) is 7.69. The summed E-state index contributed by atoms with van der Waals surface area (Å²) < 4.78 is 10.9. The van der Waals surface area contributed by atoms with E-state index in [1.807, 2.05) is 36.2 Å². The van der Waals surface area contributed by atoms with Crippen molar-refractivity contribution in [3.63, 3.8) is 0 Å². The van der Waals surface area contributed by atoms with Crippen molar-refractivity contribution in [3.05, 3.63) is 29.3 Å². The number of hydrogen-bond donors (Lipinski definition) is 1. The first-order valence-corrected chi connectivity index (χ1v) is 7.69. The van der Waals surface area contributed by atoms with Crippen LogP contribution in [0.5, 0.6) is 11.5 Å². The first-order chi connectivity index (χ1) is 10.7. The third-order valence-electron chi connectivity index (χ3n) is 4.32. The number of likely N-dealkylation sites (N-methyl/N-ethyl adjacent to an activating group) is 1. The monoisotopic (exact) mass is 302 g/mol. The number of nitrogens with zero attached hydrogens (tertiary/aromatic N) is 1. The lowest BCUT2D eigenvalue weighted by atomic mass is 10.0. The van der Waals surface area contributed by atoms with Crippen LogP contribution in [0.2, 0.25) is 0 Å². The Morgan fingerprint density at radius 3 is 3.09 bits per heavy atom. The lowest BCUT2D eigenvalue weighted by Gasteiger charge is -2.33. The van der Waals surface area contributed by atoms with Gasteiger partial charge in [0, 0.05) is 24.7 Å². The molecule has 0 saturated carbocycles. The molecule has 0 spiro atoms. The smallest absolute Gasteiger partial charge is 0.253 e. The molecule has 22 heavy (non-hydrogen) atoms. The quantitative estimate of drug-likeness (QED) is 0.923. The number of rotatable bonds is 3. The van der Waals surface area contributed by atoms with E-state index >= 15 is 0 Å². The minimum atomic E-state index is 0.0772. The fraction of sp³-hybridized carbons (Fsp3) is 0.471. The van der Waals surface area contributed by atoms with E-state index < -0.39 is 0 Å². The normalized spacial score (nSPS) is 20.7. The van der Waals surface area contributed by atoms with Crippen LogP contribution in [-0.4, -0.2) is 50.7 Å². The van der Waals surface area contributed by atoms with Gasteiger partial charge in [-0.3, -0.25) is 4.79 Å². The highest BCUT2D eigenvalue weighted by molar-refractivity contribution is 5.99. The Bertz CT molecular complexity index is 598. The second-order valence-electron chi connectivity index (χ2n) is 5.74. The second kappa shape index (κ2) is 6.40. The predicted molar refractivity (Wildman–Crippen MR) is 85.1 cm³/mol. The predicted octanol–water partition coefficient (Wildman–Crippen LogP) is 1.68. The maximum Gasteiger partial charge on any atom is 0.253 e. The Morgan fingerprint density at radius 2 is 2.32 bits per heavy atom. The molecular weight excluding hydrogens is 280 g/mol. The third kappa shape index (κ3) is 2.95. The largest absolute Gasteiger partial charge is 0.497 e. The van der Waals surface area contributed by atoms with Crippen LogP contribution in [0.1, 0.15) is 18.4 Å². The summed E-state index contributed by atoms with van der Waals surface area (Å²) in [7, 11) is 3.58. The molecule has 1 saturated heterocycles. The zero-order chi connectivity index (χ0) is 15.5. The van der Waals surface area contributed by atoms with E-state index in [0.717, 1.165) is 43.0 Å². The van der Waals surface area contributed by atoms with Gasteiger partial charge in [0.1, 0.15) is 18.1 Å². The zero-order valence-corrected chi connectivity index (χ0v) is 13.1. The molecule has 5 nitrogen and oxygen atoms in total. The number of carbonyl (C=O) groups excluding carboxylic acids is 1. The zero-order valence-electron chi connectivity index (χ0n) is 13.1. The van der Waals surface area contributed by atoms with Crippen LogP contribution in [-0.2, 0) is 4.79 Å². The number of benzene rings is 1.